The highest BCUT2D eigenvalue weighted by Crippen LogP contribution is 2.25. The summed E-state index contributed by atoms with van der Waals surface area (Å²) in [6.45, 7) is 1.64. The Morgan fingerprint density at radius 3 is 2.78 bits per heavy atom. The van der Waals surface area contributed by atoms with Crippen molar-refractivity contribution in [2.24, 2.45) is 0 Å². The van der Waals surface area contributed by atoms with E-state index in [0.29, 0.717) is 23.1 Å². The number of nitrogens with one attached hydrogen (secondary N) is 1. The van der Waals surface area contributed by atoms with Crippen LogP contribution in [0, 0.1) is 0 Å². The maximum Gasteiger partial charge on any atom is 0.293 e. The van der Waals surface area contributed by atoms with Gasteiger partial charge in [0, 0.05) is 24.3 Å². The minimum atomic E-state index is -0.388. The lowest BCUT2D eigenvalue weighted by molar-refractivity contribution is 0.373. The summed E-state index contributed by atoms with van der Waals surface area (Å²) in [5.74, 6) is 0.906. The molecule has 10 nitrogen and oxygen atoms in total. The van der Waals surface area contributed by atoms with Gasteiger partial charge in [-0.3, -0.25) is 9.48 Å². The monoisotopic (exact) mass is 427 g/mol. The number of anilines is 2. The molecular formula is C22H21N9O. The Balaban J connectivity index is 1.62. The van der Waals surface area contributed by atoms with Crippen LogP contribution in [0.5, 0.6) is 0 Å². The van der Waals surface area contributed by atoms with Gasteiger partial charge in [-0.15, -0.1) is 5.10 Å². The zero-order chi connectivity index (χ0) is 22.1. The van der Waals surface area contributed by atoms with E-state index in [0.717, 1.165) is 29.6 Å². The third-order valence-corrected chi connectivity index (χ3v) is 4.98. The van der Waals surface area contributed by atoms with Crippen LogP contribution in [0.15, 0.2) is 65.8 Å². The molecule has 0 atom stereocenters. The first kappa shape index (κ1) is 19.8. The molecule has 1 aromatic carbocycles. The van der Waals surface area contributed by atoms with E-state index in [1.165, 1.54) is 6.20 Å². The number of benzene rings is 1. The molecule has 4 aromatic heterocycles. The van der Waals surface area contributed by atoms with Gasteiger partial charge >= 0.3 is 0 Å². The summed E-state index contributed by atoms with van der Waals surface area (Å²) >= 11 is 0. The van der Waals surface area contributed by atoms with Crippen LogP contribution in [0.4, 0.5) is 11.6 Å². The largest absolute Gasteiger partial charge is 0.319 e. The van der Waals surface area contributed by atoms with Gasteiger partial charge in [0.2, 0.25) is 5.95 Å². The van der Waals surface area contributed by atoms with Gasteiger partial charge in [-0.2, -0.15) is 9.61 Å². The minimum Gasteiger partial charge on any atom is -0.319 e. The molecule has 0 spiro atoms. The first-order valence-electron chi connectivity index (χ1n) is 10.1. The molecule has 4 heterocycles. The van der Waals surface area contributed by atoms with E-state index in [4.69, 9.17) is 4.98 Å². The number of likely N-dealkylation sites (N-methyl/N-ethyl adjacent to an activating group) is 1. The minimum absolute atomic E-state index is 0.299. The molecule has 1 N–H and O–H groups in total. The van der Waals surface area contributed by atoms with Gasteiger partial charge in [-0.05, 0) is 38.4 Å². The number of para-hydroxylation sites is 1. The molecule has 32 heavy (non-hydrogen) atoms. The van der Waals surface area contributed by atoms with Gasteiger partial charge in [-0.25, -0.2) is 15.0 Å². The Labute approximate surface area is 183 Å². The van der Waals surface area contributed by atoms with Gasteiger partial charge in [0.1, 0.15) is 5.69 Å². The normalized spacial score (nSPS) is 11.5. The lowest BCUT2D eigenvalue weighted by Crippen LogP contribution is -2.18. The molecule has 10 heteroatoms. The second kappa shape index (κ2) is 8.16. The maximum atomic E-state index is 12.3. The van der Waals surface area contributed by atoms with Crippen LogP contribution in [0.1, 0.15) is 0 Å². The summed E-state index contributed by atoms with van der Waals surface area (Å²) in [5, 5.41) is 13.0. The van der Waals surface area contributed by atoms with E-state index in [-0.39, 0.29) is 5.56 Å². The molecule has 160 valence electrons. The van der Waals surface area contributed by atoms with Crippen molar-refractivity contribution in [1.82, 2.24) is 39.2 Å². The fourth-order valence-corrected chi connectivity index (χ4v) is 3.33. The number of fused-ring (bicyclic) bond motifs is 3. The Bertz CT molecular complexity index is 1470. The summed E-state index contributed by atoms with van der Waals surface area (Å²) in [5.41, 5.74) is 2.09. The van der Waals surface area contributed by atoms with Crippen LogP contribution in [0.25, 0.3) is 27.9 Å². The van der Waals surface area contributed by atoms with Crippen LogP contribution in [0.3, 0.4) is 0 Å². The summed E-state index contributed by atoms with van der Waals surface area (Å²) in [6, 6.07) is 12.8. The van der Waals surface area contributed by atoms with E-state index in [9.17, 15) is 4.79 Å². The average molecular weight is 427 g/mol. The van der Waals surface area contributed by atoms with Crippen LogP contribution in [0.2, 0.25) is 0 Å². The van der Waals surface area contributed by atoms with Crippen molar-refractivity contribution in [2.75, 3.05) is 26.0 Å². The summed E-state index contributed by atoms with van der Waals surface area (Å²) in [4.78, 5) is 27.7. The Morgan fingerprint density at radius 2 is 1.91 bits per heavy atom. The quantitative estimate of drug-likeness (QED) is 0.440. The Hall–Kier alpha value is -4.18. The highest BCUT2D eigenvalue weighted by molar-refractivity contribution is 5.93. The van der Waals surface area contributed by atoms with Crippen molar-refractivity contribution in [2.45, 2.75) is 6.54 Å². The zero-order valence-corrected chi connectivity index (χ0v) is 17.7. The second-order valence-electron chi connectivity index (χ2n) is 7.59. The van der Waals surface area contributed by atoms with Crippen molar-refractivity contribution in [3.05, 3.63) is 71.4 Å². The molecule has 0 amide bonds. The van der Waals surface area contributed by atoms with E-state index in [1.54, 1.807) is 28.9 Å². The zero-order valence-electron chi connectivity index (χ0n) is 17.7. The summed E-state index contributed by atoms with van der Waals surface area (Å²) < 4.78 is 3.48. The third kappa shape index (κ3) is 3.79. The van der Waals surface area contributed by atoms with Crippen LogP contribution in [-0.4, -0.2) is 59.9 Å². The van der Waals surface area contributed by atoms with Gasteiger partial charge in [-0.1, -0.05) is 18.2 Å². The van der Waals surface area contributed by atoms with E-state index >= 15 is 0 Å². The Morgan fingerprint density at radius 1 is 1.06 bits per heavy atom. The van der Waals surface area contributed by atoms with Crippen molar-refractivity contribution in [3.63, 3.8) is 0 Å². The topological polar surface area (TPSA) is 106 Å². The summed E-state index contributed by atoms with van der Waals surface area (Å²) in [7, 11) is 4.05. The Kier molecular flexibility index (Phi) is 5.04. The van der Waals surface area contributed by atoms with Crippen molar-refractivity contribution in [3.8, 4) is 11.4 Å². The molecule has 0 bridgehead atoms. The summed E-state index contributed by atoms with van der Waals surface area (Å²) in [6.07, 6.45) is 5.14. The second-order valence-corrected chi connectivity index (χ2v) is 7.59. The molecule has 0 saturated heterocycles. The standard InChI is InChI=1S/C22H21N9O/c1-29(2)11-12-30-14-15(13-24-30)19-27-20-16-7-3-4-8-17(16)25-22(31(20)28-19)26-18-9-5-6-10-23-21(18)32/h3-10,13-14H,11-12H2,1-2H3,(H,23,25,26,32). The van der Waals surface area contributed by atoms with Crippen molar-refractivity contribution >= 4 is 28.2 Å². The molecule has 0 aliphatic carbocycles. The first-order valence-corrected chi connectivity index (χ1v) is 10.1. The highest BCUT2D eigenvalue weighted by Gasteiger charge is 2.16. The van der Waals surface area contributed by atoms with Gasteiger partial charge in [0.15, 0.2) is 11.5 Å². The fraction of sp³-hybridized carbons (Fsp3) is 0.182. The number of nitrogens with zero attached hydrogens (tertiary/aromatic N) is 8. The number of rotatable bonds is 6. The van der Waals surface area contributed by atoms with Gasteiger partial charge in [0.25, 0.3) is 5.56 Å². The molecule has 0 radical (unpaired) electrons. The van der Waals surface area contributed by atoms with Crippen LogP contribution < -0.4 is 10.9 Å². The predicted octanol–water partition coefficient (Wildman–Crippen LogP) is 2.20. The lowest BCUT2D eigenvalue weighted by atomic mass is 10.2. The molecule has 0 saturated carbocycles. The lowest BCUT2D eigenvalue weighted by Gasteiger charge is -2.08. The fourth-order valence-electron chi connectivity index (χ4n) is 3.33. The maximum absolute atomic E-state index is 12.3. The highest BCUT2D eigenvalue weighted by atomic mass is 16.1. The molecule has 0 unspecified atom stereocenters. The van der Waals surface area contributed by atoms with E-state index in [2.05, 4.69) is 30.4 Å². The van der Waals surface area contributed by atoms with Crippen LogP contribution >= 0.6 is 0 Å². The van der Waals surface area contributed by atoms with Crippen molar-refractivity contribution < 1.29 is 0 Å². The van der Waals surface area contributed by atoms with E-state index < -0.39 is 0 Å². The molecule has 5 rings (SSSR count). The predicted molar refractivity (Wildman–Crippen MR) is 122 cm³/mol. The number of hydrogen-bond acceptors (Lipinski definition) is 8. The van der Waals surface area contributed by atoms with Gasteiger partial charge < -0.3 is 10.2 Å². The average Bonchev–Trinajstić information content (AvgIpc) is 3.39. The SMILES string of the molecule is CN(C)CCn1cc(-c2nc3c4ccccc4nc(Nc4ccccnc4=O)n3n2)cn1. The molecule has 0 fully saturated rings. The molecule has 5 aromatic rings. The molecule has 0 aliphatic rings. The van der Waals surface area contributed by atoms with Crippen LogP contribution in [-0.2, 0) is 6.54 Å². The number of aromatic nitrogens is 7. The van der Waals surface area contributed by atoms with Crippen molar-refractivity contribution in [1.29, 1.82) is 0 Å². The molecule has 0 aliphatic heterocycles. The number of hydrogen-bond donors (Lipinski definition) is 1. The van der Waals surface area contributed by atoms with Gasteiger partial charge in [0.05, 0.1) is 23.8 Å². The molecular weight excluding hydrogens is 406 g/mol. The smallest absolute Gasteiger partial charge is 0.293 e. The first-order chi connectivity index (χ1) is 15.6. The third-order valence-electron chi connectivity index (χ3n) is 4.98. The van der Waals surface area contributed by atoms with E-state index in [1.807, 2.05) is 49.2 Å².